The summed E-state index contributed by atoms with van der Waals surface area (Å²) < 4.78 is 18.1. The van der Waals surface area contributed by atoms with Gasteiger partial charge in [-0.2, -0.15) is 0 Å². The molecule has 150 heavy (non-hydrogen) atoms. The third kappa shape index (κ3) is 14.9. The van der Waals surface area contributed by atoms with E-state index in [2.05, 4.69) is 559 Å². The van der Waals surface area contributed by atoms with Crippen LogP contribution in [0.4, 0.5) is 34.1 Å². The fourth-order valence-corrected chi connectivity index (χ4v) is 23.5. The van der Waals surface area contributed by atoms with Gasteiger partial charge >= 0.3 is 0 Å². The Kier molecular flexibility index (Phi) is 20.9. The van der Waals surface area contributed by atoms with Crippen LogP contribution in [0.1, 0.15) is 0 Å². The van der Waals surface area contributed by atoms with E-state index in [0.29, 0.717) is 0 Å². The fraction of sp³-hybridized carbons (Fsp3) is 0. The minimum atomic E-state index is 0.859. The number of para-hydroxylation sites is 5. The first-order valence-electron chi connectivity index (χ1n) is 51.5. The van der Waals surface area contributed by atoms with Crippen LogP contribution in [0.15, 0.2) is 567 Å². The van der Waals surface area contributed by atoms with E-state index in [-0.39, 0.29) is 0 Å². The van der Waals surface area contributed by atoms with Crippen molar-refractivity contribution in [2.24, 2.45) is 0 Å². The number of aromatic nitrogens is 2. The third-order valence-corrected chi connectivity index (χ3v) is 30.8. The van der Waals surface area contributed by atoms with Crippen molar-refractivity contribution in [2.45, 2.75) is 0 Å². The maximum absolute atomic E-state index is 6.66. The molecule has 0 bridgehead atoms. The largest absolute Gasteiger partial charge is 0.454 e. The summed E-state index contributed by atoms with van der Waals surface area (Å²) in [6.45, 7) is 0. The molecular weight excluding hydrogens is 1820 g/mol. The zero-order valence-corrected chi connectivity index (χ0v) is 81.7. The van der Waals surface area contributed by atoms with Gasteiger partial charge in [-0.05, 0) is 311 Å². The number of fused-ring (bicyclic) bond motifs is 24. The molecule has 0 fully saturated rings. The minimum Gasteiger partial charge on any atom is -0.454 e. The monoisotopic (exact) mass is 1910 g/mol. The molecule has 700 valence electrons. The molecule has 0 saturated carbocycles. The summed E-state index contributed by atoms with van der Waals surface area (Å²) in [5, 5.41) is 24.7. The van der Waals surface area contributed by atoms with E-state index in [4.69, 9.17) is 8.83 Å². The van der Waals surface area contributed by atoms with E-state index < -0.39 is 0 Å². The first-order chi connectivity index (χ1) is 74.4. The van der Waals surface area contributed by atoms with Crippen LogP contribution in [-0.2, 0) is 0 Å². The average molecular weight is 1910 g/mol. The van der Waals surface area contributed by atoms with Gasteiger partial charge in [0, 0.05) is 77.2 Å². The predicted molar refractivity (Wildman–Crippen MR) is 634 cm³/mol. The number of anilines is 6. The molecule has 0 N–H and O–H groups in total. The van der Waals surface area contributed by atoms with Gasteiger partial charge in [-0.15, -0.1) is 0 Å². The van der Waals surface area contributed by atoms with Gasteiger partial charge in [-0.1, -0.05) is 400 Å². The van der Waals surface area contributed by atoms with Crippen LogP contribution in [-0.4, -0.2) is 9.13 Å². The van der Waals surface area contributed by atoms with Crippen molar-refractivity contribution in [3.05, 3.63) is 558 Å². The molecule has 0 aliphatic heterocycles. The molecule has 0 aliphatic carbocycles. The van der Waals surface area contributed by atoms with Crippen molar-refractivity contribution in [3.63, 3.8) is 0 Å². The zero-order chi connectivity index (χ0) is 98.8. The Bertz CT molecular complexity index is 10500. The SMILES string of the molecule is c1ccc(-c2ccc(-c3ccc4c(c3)c3cc(-c5ccc(N(c6ccccc6)c6cccc7c6oc6ccccc67)cc5)ccc3n4-c3ccc(-c4ccc5c6ccccc6c6ccccc6c5c4)cc3)cc2)cc1.c1ccc(-c2ccc(N(c3ccc(-c4ccc5c(c4)c4cc(-c6ccccc6)ccc4n5-c4ccc(-c5ccc6c7ccccc7c7ccccc7c6c5)cc4)cc3)c3cccc4c3oc3ccccc34)cc2)cc1. The summed E-state index contributed by atoms with van der Waals surface area (Å²) in [7, 11) is 0. The van der Waals surface area contributed by atoms with Gasteiger partial charge in [0.25, 0.3) is 0 Å². The number of hydrogen-bond donors (Lipinski definition) is 0. The van der Waals surface area contributed by atoms with Crippen molar-refractivity contribution in [1.29, 1.82) is 0 Å². The van der Waals surface area contributed by atoms with Crippen molar-refractivity contribution >= 4 is 186 Å². The van der Waals surface area contributed by atoms with E-state index in [1.807, 2.05) is 18.2 Å². The van der Waals surface area contributed by atoms with Gasteiger partial charge in [0.1, 0.15) is 11.2 Å². The van der Waals surface area contributed by atoms with Gasteiger partial charge in [0.05, 0.1) is 33.4 Å². The Morgan fingerprint density at radius 2 is 0.327 bits per heavy atom. The van der Waals surface area contributed by atoms with E-state index in [9.17, 15) is 0 Å². The van der Waals surface area contributed by atoms with Crippen LogP contribution in [0.5, 0.6) is 0 Å². The van der Waals surface area contributed by atoms with Crippen molar-refractivity contribution < 1.29 is 8.83 Å². The highest BCUT2D eigenvalue weighted by molar-refractivity contribution is 6.28. The highest BCUT2D eigenvalue weighted by Gasteiger charge is 2.26. The molecule has 4 aromatic heterocycles. The molecule has 0 aliphatic rings. The van der Waals surface area contributed by atoms with Crippen molar-refractivity contribution in [1.82, 2.24) is 9.13 Å². The lowest BCUT2D eigenvalue weighted by Crippen LogP contribution is -2.10. The lowest BCUT2D eigenvalue weighted by atomic mass is 9.92. The molecule has 0 atom stereocenters. The number of furan rings is 2. The van der Waals surface area contributed by atoms with E-state index >= 15 is 0 Å². The van der Waals surface area contributed by atoms with E-state index in [0.717, 1.165) is 128 Å². The molecular formula is C144H92N4O2. The standard InChI is InChI=1S/2C72H46N2O/c1-3-14-47(15-4-1)49-26-35-55(36-27-49)73(70-24-13-23-64-63-22-11-12-25-71(63)75-72(64)70)56-37-28-51(29-38-56)54-34-43-69-67(46-54)66-45-53(48-16-5-2-6-17-48)33-42-68(66)74(69)57-39-30-50(31-40-57)52-32-41-62-60-20-8-7-18-58(60)59-19-9-10-21-61(59)65(62)44-52;1-3-14-47(15-4-1)48-26-28-49(29-27-48)53-35-42-68-66(45-53)67-46-54(51-30-37-56(38-31-51)73(55-16-5-2-6-17-55)70-24-13-23-64-63-22-11-12-25-71(63)75-72(64)70)36-43-69(67)74(68)57-39-32-50(33-40-57)52-34-41-62-60-20-8-7-18-58(60)59-19-9-10-21-61(59)65(62)44-52/h2*1-46H. The molecule has 0 unspecified atom stereocenters. The molecule has 30 rings (SSSR count). The summed E-state index contributed by atoms with van der Waals surface area (Å²) in [5.74, 6) is 0. The number of hydrogen-bond acceptors (Lipinski definition) is 4. The van der Waals surface area contributed by atoms with Gasteiger partial charge in [-0.3, -0.25) is 0 Å². The number of benzene rings is 26. The average Bonchev–Trinajstić information content (AvgIpc) is 1.42. The molecule has 6 nitrogen and oxygen atoms in total. The Balaban J connectivity index is 0.000000141. The molecule has 30 aromatic rings. The topological polar surface area (TPSA) is 42.6 Å². The summed E-state index contributed by atoms with van der Waals surface area (Å²) in [6, 6.07) is 203. The van der Waals surface area contributed by atoms with Crippen molar-refractivity contribution in [3.8, 4) is 100 Å². The first-order valence-corrected chi connectivity index (χ1v) is 51.5. The fourth-order valence-electron chi connectivity index (χ4n) is 23.5. The van der Waals surface area contributed by atoms with Gasteiger partial charge in [-0.25, -0.2) is 0 Å². The molecule has 6 heteroatoms. The third-order valence-electron chi connectivity index (χ3n) is 30.8. The highest BCUT2D eigenvalue weighted by atomic mass is 16.3. The summed E-state index contributed by atoms with van der Waals surface area (Å²) in [4.78, 5) is 4.62. The molecule has 0 spiro atoms. The number of nitrogens with zero attached hydrogens (tertiary/aromatic N) is 4. The van der Waals surface area contributed by atoms with Crippen LogP contribution in [0.2, 0.25) is 0 Å². The molecule has 26 aromatic carbocycles. The quantitative estimate of drug-likeness (QED) is 0.0904. The number of rotatable bonds is 16. The van der Waals surface area contributed by atoms with Crippen molar-refractivity contribution in [2.75, 3.05) is 9.80 Å². The maximum atomic E-state index is 6.66. The second-order valence-corrected chi connectivity index (χ2v) is 39.2. The smallest absolute Gasteiger partial charge is 0.159 e. The second kappa shape index (κ2) is 36.1. The zero-order valence-electron chi connectivity index (χ0n) is 81.7. The molecule has 4 heterocycles. The normalized spacial score (nSPS) is 11.7. The second-order valence-electron chi connectivity index (χ2n) is 39.2. The van der Waals surface area contributed by atoms with Gasteiger partial charge < -0.3 is 27.8 Å². The molecule has 0 amide bonds. The van der Waals surface area contributed by atoms with E-state index in [1.165, 1.54) is 158 Å². The Hall–Kier alpha value is -19.9. The van der Waals surface area contributed by atoms with E-state index in [1.54, 1.807) is 0 Å². The van der Waals surface area contributed by atoms with Crippen LogP contribution in [0.3, 0.4) is 0 Å². The maximum Gasteiger partial charge on any atom is 0.159 e. The molecule has 0 radical (unpaired) electrons. The van der Waals surface area contributed by atoms with Gasteiger partial charge in [0.15, 0.2) is 11.2 Å². The Labute approximate surface area is 866 Å². The summed E-state index contributed by atoms with van der Waals surface area (Å²) in [5.41, 5.74) is 35.5. The first kappa shape index (κ1) is 86.7. The van der Waals surface area contributed by atoms with Crippen LogP contribution in [0.25, 0.3) is 253 Å². The molecule has 0 saturated heterocycles. The van der Waals surface area contributed by atoms with Crippen LogP contribution >= 0.6 is 0 Å². The Morgan fingerprint density at radius 1 is 0.127 bits per heavy atom. The predicted octanol–water partition coefficient (Wildman–Crippen LogP) is 40.6. The van der Waals surface area contributed by atoms with Gasteiger partial charge in [0.2, 0.25) is 0 Å². The van der Waals surface area contributed by atoms with Crippen LogP contribution < -0.4 is 9.80 Å². The Morgan fingerprint density at radius 3 is 0.633 bits per heavy atom. The van der Waals surface area contributed by atoms with Crippen LogP contribution in [0, 0.1) is 0 Å². The lowest BCUT2D eigenvalue weighted by Gasteiger charge is -2.26. The lowest BCUT2D eigenvalue weighted by molar-refractivity contribution is 0.668. The minimum absolute atomic E-state index is 0.859. The summed E-state index contributed by atoms with van der Waals surface area (Å²) in [6.07, 6.45) is 0. The highest BCUT2D eigenvalue weighted by Crippen LogP contribution is 2.50. The summed E-state index contributed by atoms with van der Waals surface area (Å²) >= 11 is 0.